The first-order chi connectivity index (χ1) is 6.92. The van der Waals surface area contributed by atoms with Crippen LogP contribution >= 0.6 is 11.8 Å². The van der Waals surface area contributed by atoms with E-state index in [4.69, 9.17) is 15.9 Å². The van der Waals surface area contributed by atoms with Crippen molar-refractivity contribution in [3.05, 3.63) is 12.5 Å². The summed E-state index contributed by atoms with van der Waals surface area (Å²) in [5.41, 5.74) is 9.94. The predicted octanol–water partition coefficient (Wildman–Crippen LogP) is 0.748. The molecule has 5 nitrogen and oxygen atoms in total. The topological polar surface area (TPSA) is 95.1 Å². The molecule has 0 saturated carbocycles. The van der Waals surface area contributed by atoms with E-state index in [2.05, 4.69) is 4.98 Å². The minimum Gasteiger partial charge on any atom is -0.440 e. The van der Waals surface area contributed by atoms with Gasteiger partial charge in [-0.05, 0) is 13.3 Å². The molecule has 15 heavy (non-hydrogen) atoms. The van der Waals surface area contributed by atoms with Gasteiger partial charge >= 0.3 is 0 Å². The zero-order valence-electron chi connectivity index (χ0n) is 8.77. The quantitative estimate of drug-likeness (QED) is 0.726. The lowest BCUT2D eigenvalue weighted by Crippen LogP contribution is -2.50. The van der Waals surface area contributed by atoms with Crippen molar-refractivity contribution in [3.8, 4) is 0 Å². The lowest BCUT2D eigenvalue weighted by atomic mass is 9.97. The zero-order chi connectivity index (χ0) is 11.5. The van der Waals surface area contributed by atoms with E-state index in [0.717, 1.165) is 0 Å². The highest BCUT2D eigenvalue weighted by Crippen LogP contribution is 2.26. The van der Waals surface area contributed by atoms with Gasteiger partial charge in [0.05, 0.1) is 11.7 Å². The maximum atomic E-state index is 11.0. The number of carbonyl (C=O) groups is 1. The van der Waals surface area contributed by atoms with Crippen LogP contribution in [0, 0.1) is 0 Å². The van der Waals surface area contributed by atoms with Crippen LogP contribution in [0.3, 0.4) is 0 Å². The molecule has 4 N–H and O–H groups in total. The Balaban J connectivity index is 2.49. The number of amides is 1. The number of rotatable bonds is 5. The molecule has 1 amide bonds. The van der Waals surface area contributed by atoms with Crippen LogP contribution in [0.4, 0.5) is 0 Å². The number of hydrogen-bond donors (Lipinski definition) is 2. The fraction of sp³-hybridized carbons (Fsp3) is 0.556. The van der Waals surface area contributed by atoms with Gasteiger partial charge in [0.1, 0.15) is 6.26 Å². The molecule has 6 heteroatoms. The number of thioether (sulfide) groups is 1. The Kier molecular flexibility index (Phi) is 3.76. The van der Waals surface area contributed by atoms with E-state index in [1.165, 1.54) is 18.0 Å². The second kappa shape index (κ2) is 4.67. The van der Waals surface area contributed by atoms with Gasteiger partial charge in [-0.25, -0.2) is 4.98 Å². The number of nitrogens with two attached hydrogens (primary N) is 2. The first-order valence-electron chi connectivity index (χ1n) is 4.57. The third-order valence-corrected chi connectivity index (χ3v) is 2.96. The minimum atomic E-state index is -0.987. The van der Waals surface area contributed by atoms with Gasteiger partial charge in [-0.3, -0.25) is 4.79 Å². The largest absolute Gasteiger partial charge is 0.440 e. The van der Waals surface area contributed by atoms with Crippen LogP contribution in [0.15, 0.2) is 22.1 Å². The van der Waals surface area contributed by atoms with E-state index in [1.807, 2.05) is 6.92 Å². The number of nitrogens with zero attached hydrogens (tertiary/aromatic N) is 1. The van der Waals surface area contributed by atoms with Crippen molar-refractivity contribution < 1.29 is 9.21 Å². The van der Waals surface area contributed by atoms with Crippen LogP contribution in [0.25, 0.3) is 0 Å². The third kappa shape index (κ3) is 3.56. The molecular weight excluding hydrogens is 214 g/mol. The van der Waals surface area contributed by atoms with Crippen molar-refractivity contribution >= 4 is 17.7 Å². The molecule has 0 radical (unpaired) electrons. The summed E-state index contributed by atoms with van der Waals surface area (Å²) in [6, 6.07) is 0. The molecule has 0 fully saturated rings. The van der Waals surface area contributed by atoms with Crippen molar-refractivity contribution in [1.29, 1.82) is 0 Å². The summed E-state index contributed by atoms with van der Waals surface area (Å²) in [6.45, 7) is 3.57. The van der Waals surface area contributed by atoms with E-state index < -0.39 is 11.4 Å². The van der Waals surface area contributed by atoms with E-state index in [9.17, 15) is 4.79 Å². The minimum absolute atomic E-state index is 0.117. The molecule has 2 unspecified atom stereocenters. The molecule has 0 saturated heterocycles. The van der Waals surface area contributed by atoms with Gasteiger partial charge in [0.2, 0.25) is 5.91 Å². The Hall–Kier alpha value is -1.01. The van der Waals surface area contributed by atoms with Gasteiger partial charge in [0.25, 0.3) is 5.22 Å². The van der Waals surface area contributed by atoms with Crippen molar-refractivity contribution in [1.82, 2.24) is 4.98 Å². The normalized spacial score (nSPS) is 17.0. The lowest BCUT2D eigenvalue weighted by molar-refractivity contribution is -0.122. The number of aromatic nitrogens is 1. The standard InChI is InChI=1S/C9H15N3O2S/c1-6(5-9(2,11)7(10)13)15-8-12-3-4-14-8/h3-4,6H,5,11H2,1-2H3,(H2,10,13). The number of hydrogen-bond acceptors (Lipinski definition) is 5. The summed E-state index contributed by atoms with van der Waals surface area (Å²) in [5, 5.41) is 0.689. The summed E-state index contributed by atoms with van der Waals surface area (Å²) in [7, 11) is 0. The van der Waals surface area contributed by atoms with Crippen molar-refractivity contribution in [3.63, 3.8) is 0 Å². The molecule has 0 bridgehead atoms. The molecule has 84 valence electrons. The van der Waals surface area contributed by atoms with Crippen LogP contribution in [0.5, 0.6) is 0 Å². The fourth-order valence-corrected chi connectivity index (χ4v) is 2.19. The second-order valence-corrected chi connectivity index (χ2v) is 5.10. The van der Waals surface area contributed by atoms with Gasteiger partial charge in [-0.15, -0.1) is 0 Å². The third-order valence-electron chi connectivity index (χ3n) is 1.99. The SMILES string of the molecule is CC(CC(C)(N)C(N)=O)Sc1ncco1. The van der Waals surface area contributed by atoms with Crippen molar-refractivity contribution in [2.75, 3.05) is 0 Å². The zero-order valence-corrected chi connectivity index (χ0v) is 9.58. The maximum Gasteiger partial charge on any atom is 0.255 e. The summed E-state index contributed by atoms with van der Waals surface area (Å²) >= 11 is 1.43. The Morgan fingerprint density at radius 2 is 2.47 bits per heavy atom. The van der Waals surface area contributed by atoms with Crippen LogP contribution in [0.1, 0.15) is 20.3 Å². The van der Waals surface area contributed by atoms with Crippen LogP contribution in [-0.2, 0) is 4.79 Å². The van der Waals surface area contributed by atoms with Gasteiger partial charge in [-0.1, -0.05) is 18.7 Å². The fourth-order valence-electron chi connectivity index (χ4n) is 1.18. The van der Waals surface area contributed by atoms with Crippen molar-refractivity contribution in [2.45, 2.75) is 36.3 Å². The average molecular weight is 229 g/mol. The molecule has 1 rings (SSSR count). The molecule has 0 spiro atoms. The molecule has 0 aliphatic rings. The molecule has 2 atom stereocenters. The highest BCUT2D eigenvalue weighted by Gasteiger charge is 2.28. The van der Waals surface area contributed by atoms with Crippen LogP contribution in [-0.4, -0.2) is 21.7 Å². The van der Waals surface area contributed by atoms with E-state index in [1.54, 1.807) is 13.1 Å². The van der Waals surface area contributed by atoms with Gasteiger partial charge < -0.3 is 15.9 Å². The summed E-state index contributed by atoms with van der Waals surface area (Å²) in [6.07, 6.45) is 3.56. The summed E-state index contributed by atoms with van der Waals surface area (Å²) in [5.74, 6) is -0.498. The Morgan fingerprint density at radius 3 is 2.93 bits per heavy atom. The van der Waals surface area contributed by atoms with Crippen molar-refractivity contribution in [2.24, 2.45) is 11.5 Å². The molecule has 0 aliphatic heterocycles. The molecule has 1 aromatic rings. The summed E-state index contributed by atoms with van der Waals surface area (Å²) < 4.78 is 5.07. The lowest BCUT2D eigenvalue weighted by Gasteiger charge is -2.23. The van der Waals surface area contributed by atoms with Gasteiger partial charge in [0.15, 0.2) is 0 Å². The molecule has 1 heterocycles. The number of primary amides is 1. The Bertz CT molecular complexity index is 324. The highest BCUT2D eigenvalue weighted by atomic mass is 32.2. The van der Waals surface area contributed by atoms with E-state index >= 15 is 0 Å². The Labute approximate surface area is 92.6 Å². The Morgan fingerprint density at radius 1 is 1.80 bits per heavy atom. The first-order valence-corrected chi connectivity index (χ1v) is 5.45. The van der Waals surface area contributed by atoms with Crippen LogP contribution in [0.2, 0.25) is 0 Å². The highest BCUT2D eigenvalue weighted by molar-refractivity contribution is 7.99. The molecule has 0 aromatic carbocycles. The monoisotopic (exact) mass is 229 g/mol. The van der Waals surface area contributed by atoms with E-state index in [-0.39, 0.29) is 5.25 Å². The van der Waals surface area contributed by atoms with E-state index in [0.29, 0.717) is 11.6 Å². The number of oxazole rings is 1. The van der Waals surface area contributed by atoms with Crippen LogP contribution < -0.4 is 11.5 Å². The molecule has 1 aromatic heterocycles. The summed E-state index contributed by atoms with van der Waals surface area (Å²) in [4.78, 5) is 15.0. The van der Waals surface area contributed by atoms with Gasteiger partial charge in [0, 0.05) is 5.25 Å². The average Bonchev–Trinajstić information content (AvgIpc) is 2.54. The predicted molar refractivity (Wildman–Crippen MR) is 58.2 cm³/mol. The van der Waals surface area contributed by atoms with Gasteiger partial charge in [-0.2, -0.15) is 0 Å². The number of carbonyl (C=O) groups excluding carboxylic acids is 1. The maximum absolute atomic E-state index is 11.0. The second-order valence-electron chi connectivity index (χ2n) is 3.71. The smallest absolute Gasteiger partial charge is 0.255 e. The first kappa shape index (κ1) is 12.1. The molecular formula is C9H15N3O2S. The molecule has 0 aliphatic carbocycles.